The third kappa shape index (κ3) is 40.4. The van der Waals surface area contributed by atoms with Crippen LogP contribution in [0.25, 0.3) is 12.3 Å². The Bertz CT molecular complexity index is 11.5. The molecule has 4 heteroatoms. The molecule has 0 saturated heterocycles. The molecule has 0 saturated carbocycles. The van der Waals surface area contributed by atoms with E-state index in [4.69, 9.17) is 0 Å². The summed E-state index contributed by atoms with van der Waals surface area (Å²) >= 11 is 1.75. The van der Waals surface area contributed by atoms with Crippen molar-refractivity contribution in [3.05, 3.63) is 12.3 Å². The van der Waals surface area contributed by atoms with Gasteiger partial charge in [0.1, 0.15) is 0 Å². The minimum Gasteiger partial charge on any atom is -0.693 e. The molecule has 0 spiro atoms. The number of thioether (sulfide) groups is 1. The molecule has 0 aliphatic carbocycles. The van der Waals surface area contributed by atoms with E-state index in [1.165, 1.54) is 0 Å². The minimum absolute atomic E-state index is 0. The average molecular weight is 232 g/mol. The first-order chi connectivity index (χ1) is 1.41. The molecular weight excluding hydrogens is 221 g/mol. The summed E-state index contributed by atoms with van der Waals surface area (Å²) in [7, 11) is 0. The fraction of sp³-hybridized carbons (Fsp3) is 1.00. The fourth-order valence-electron chi connectivity index (χ4n) is 0. The van der Waals surface area contributed by atoms with Gasteiger partial charge in [0.15, 0.2) is 0 Å². The zero-order valence-corrected chi connectivity index (χ0v) is 9.53. The van der Waals surface area contributed by atoms with Crippen LogP contribution in [0.4, 0.5) is 0 Å². The normalized spacial score (nSPS) is 3.00. The molecule has 0 radical (unpaired) electrons. The molecule has 0 rings (SSSR count). The summed E-state index contributed by atoms with van der Waals surface area (Å²) < 4.78 is 0. The molecule has 0 aliphatic rings. The molecule has 4 N–H and O–H groups in total. The van der Waals surface area contributed by atoms with E-state index in [0.29, 0.717) is 0 Å². The molecule has 0 heterocycles. The molecular formula is C2H10BaN2S. The third-order valence-corrected chi connectivity index (χ3v) is 0. The van der Waals surface area contributed by atoms with Crippen molar-refractivity contribution >= 4 is 60.6 Å². The van der Waals surface area contributed by atoms with Crippen molar-refractivity contribution in [3.63, 3.8) is 0 Å². The molecule has 0 aliphatic heterocycles. The van der Waals surface area contributed by atoms with Crippen molar-refractivity contribution in [1.29, 1.82) is 0 Å². The Morgan fingerprint density at radius 2 is 1.00 bits per heavy atom. The van der Waals surface area contributed by atoms with Gasteiger partial charge in [-0.05, 0) is 12.5 Å². The second-order valence-corrected chi connectivity index (χ2v) is 1.22. The van der Waals surface area contributed by atoms with Gasteiger partial charge in [-0.3, -0.25) is 0 Å². The van der Waals surface area contributed by atoms with E-state index in [1.807, 2.05) is 12.5 Å². The Kier molecular flexibility index (Phi) is 120. The Labute approximate surface area is 84.1 Å². The zero-order chi connectivity index (χ0) is 2.71. The molecule has 0 amide bonds. The van der Waals surface area contributed by atoms with Crippen LogP contribution in [0, 0.1) is 0 Å². The van der Waals surface area contributed by atoms with Gasteiger partial charge in [-0.2, -0.15) is 11.8 Å². The third-order valence-electron chi connectivity index (χ3n) is 0. The number of rotatable bonds is 0. The molecule has 6 heavy (non-hydrogen) atoms. The maximum absolute atomic E-state index is 2.04. The summed E-state index contributed by atoms with van der Waals surface area (Å²) in [6.07, 6.45) is 4.08. The van der Waals surface area contributed by atoms with Gasteiger partial charge in [0.2, 0.25) is 0 Å². The molecule has 2 nitrogen and oxygen atoms in total. The Hall–Kier alpha value is 1.84. The Balaban J connectivity index is -0.00000000667. The van der Waals surface area contributed by atoms with Crippen LogP contribution in [-0.2, 0) is 0 Å². The first-order valence-corrected chi connectivity index (χ1v) is 2.45. The monoisotopic (exact) mass is 232 g/mol. The van der Waals surface area contributed by atoms with E-state index >= 15 is 0 Å². The SMILES string of the molecule is CSC.[Ba+2].[NH2-].[NH2-]. The Morgan fingerprint density at radius 3 is 1.00 bits per heavy atom. The summed E-state index contributed by atoms with van der Waals surface area (Å²) in [6, 6.07) is 0. The van der Waals surface area contributed by atoms with Gasteiger partial charge in [0.05, 0.1) is 0 Å². The molecule has 0 aromatic rings. The van der Waals surface area contributed by atoms with Crippen LogP contribution in [0.3, 0.4) is 0 Å². The molecule has 0 atom stereocenters. The maximum atomic E-state index is 2.04. The van der Waals surface area contributed by atoms with Gasteiger partial charge in [0, 0.05) is 0 Å². The van der Waals surface area contributed by atoms with Crippen LogP contribution in [0.15, 0.2) is 0 Å². The van der Waals surface area contributed by atoms with Gasteiger partial charge < -0.3 is 12.3 Å². The largest absolute Gasteiger partial charge is 2.00 e. The number of nitrogens with two attached hydrogens (primary N) is 2. The molecule has 36 valence electrons. The summed E-state index contributed by atoms with van der Waals surface area (Å²) in [5.74, 6) is 0. The van der Waals surface area contributed by atoms with Gasteiger partial charge in [-0.15, -0.1) is 0 Å². The van der Waals surface area contributed by atoms with E-state index < -0.39 is 0 Å². The predicted octanol–water partition coefficient (Wildman–Crippen LogP) is 2.03. The second-order valence-electron chi connectivity index (χ2n) is 0.408. The number of hydrogen-bond donors (Lipinski definition) is 0. The van der Waals surface area contributed by atoms with E-state index in [1.54, 1.807) is 11.8 Å². The standard InChI is InChI=1S/C2H6S.Ba.2H2N/c1-3-2;;;/h1-2H3;;2*1H2/q;+2;2*-1. The van der Waals surface area contributed by atoms with Crippen molar-refractivity contribution in [1.82, 2.24) is 0 Å². The van der Waals surface area contributed by atoms with Crippen molar-refractivity contribution in [3.8, 4) is 0 Å². The smallest absolute Gasteiger partial charge is 0.693 e. The van der Waals surface area contributed by atoms with Gasteiger partial charge in [0.25, 0.3) is 0 Å². The Morgan fingerprint density at radius 1 is 1.00 bits per heavy atom. The zero-order valence-electron chi connectivity index (χ0n) is 4.27. The summed E-state index contributed by atoms with van der Waals surface area (Å²) in [4.78, 5) is 0. The summed E-state index contributed by atoms with van der Waals surface area (Å²) in [6.45, 7) is 0. The molecule has 0 bridgehead atoms. The van der Waals surface area contributed by atoms with Crippen molar-refractivity contribution in [2.75, 3.05) is 12.5 Å². The van der Waals surface area contributed by atoms with Gasteiger partial charge in [-0.25, -0.2) is 0 Å². The quantitative estimate of drug-likeness (QED) is 0.588. The fourth-order valence-corrected chi connectivity index (χ4v) is 0. The number of hydrogen-bond acceptors (Lipinski definition) is 1. The van der Waals surface area contributed by atoms with Crippen molar-refractivity contribution in [2.24, 2.45) is 0 Å². The van der Waals surface area contributed by atoms with Crippen molar-refractivity contribution < 1.29 is 0 Å². The van der Waals surface area contributed by atoms with Crippen molar-refractivity contribution in [2.45, 2.75) is 0 Å². The van der Waals surface area contributed by atoms with Crippen LogP contribution in [0.1, 0.15) is 0 Å². The van der Waals surface area contributed by atoms with E-state index in [-0.39, 0.29) is 61.2 Å². The minimum atomic E-state index is 0. The molecule has 0 aromatic heterocycles. The maximum Gasteiger partial charge on any atom is 2.00 e. The molecule has 0 fully saturated rings. The van der Waals surface area contributed by atoms with Crippen LogP contribution < -0.4 is 0 Å². The van der Waals surface area contributed by atoms with E-state index in [2.05, 4.69) is 0 Å². The van der Waals surface area contributed by atoms with E-state index in [9.17, 15) is 0 Å². The first kappa shape index (κ1) is 24.9. The summed E-state index contributed by atoms with van der Waals surface area (Å²) in [5, 5.41) is 0. The average Bonchev–Trinajstić information content (AvgIpc) is 0.918. The molecule has 0 unspecified atom stereocenters. The topological polar surface area (TPSA) is 67.0 Å². The van der Waals surface area contributed by atoms with Gasteiger partial charge in [-0.1, -0.05) is 0 Å². The van der Waals surface area contributed by atoms with Gasteiger partial charge >= 0.3 is 48.9 Å². The van der Waals surface area contributed by atoms with E-state index in [0.717, 1.165) is 0 Å². The van der Waals surface area contributed by atoms with Crippen LogP contribution >= 0.6 is 11.8 Å². The first-order valence-electron chi connectivity index (χ1n) is 0.816. The second kappa shape index (κ2) is 28.9. The van der Waals surface area contributed by atoms with Crippen LogP contribution in [0.5, 0.6) is 0 Å². The molecule has 0 aromatic carbocycles. The summed E-state index contributed by atoms with van der Waals surface area (Å²) in [5.41, 5.74) is 0. The van der Waals surface area contributed by atoms with Crippen LogP contribution in [0.2, 0.25) is 0 Å². The van der Waals surface area contributed by atoms with Crippen LogP contribution in [-0.4, -0.2) is 61.4 Å². The predicted molar refractivity (Wildman–Crippen MR) is 35.8 cm³/mol.